The van der Waals surface area contributed by atoms with Crippen LogP contribution in [0.4, 0.5) is 11.4 Å². The molecule has 5 nitrogen and oxygen atoms in total. The van der Waals surface area contributed by atoms with E-state index < -0.39 is 0 Å². The van der Waals surface area contributed by atoms with Crippen LogP contribution in [-0.4, -0.2) is 12.0 Å². The molecule has 0 radical (unpaired) electrons. The summed E-state index contributed by atoms with van der Waals surface area (Å²) in [6, 6.07) is 23.6. The zero-order valence-electron chi connectivity index (χ0n) is 15.0. The molecule has 5 heteroatoms. The van der Waals surface area contributed by atoms with Gasteiger partial charge in [-0.2, -0.15) is 0 Å². The summed E-state index contributed by atoms with van der Waals surface area (Å²) in [6.45, 7) is 0. The summed E-state index contributed by atoms with van der Waals surface area (Å²) in [5, 5.41) is 15.2. The molecule has 0 saturated carbocycles. The topological polar surface area (TPSA) is 64.4 Å². The Morgan fingerprint density at radius 1 is 1.00 bits per heavy atom. The zero-order valence-corrected chi connectivity index (χ0v) is 15.0. The molecule has 1 aliphatic rings. The molecule has 4 rings (SSSR count). The van der Waals surface area contributed by atoms with Crippen LogP contribution >= 0.6 is 0 Å². The van der Waals surface area contributed by atoms with Gasteiger partial charge < -0.3 is 10.1 Å². The molecule has 0 fully saturated rings. The number of anilines is 1. The molecule has 0 amide bonds. The largest absolute Gasteiger partial charge is 0.496 e. The summed E-state index contributed by atoms with van der Waals surface area (Å²) < 4.78 is 5.33. The van der Waals surface area contributed by atoms with Crippen LogP contribution in [-0.2, 0) is 0 Å². The van der Waals surface area contributed by atoms with Crippen molar-refractivity contribution in [2.75, 3.05) is 12.4 Å². The maximum atomic E-state index is 11.7. The number of rotatable bonds is 4. The normalized spacial score (nSPS) is 18.3. The molecule has 2 atom stereocenters. The molecule has 136 valence electrons. The van der Waals surface area contributed by atoms with Crippen LogP contribution < -0.4 is 10.1 Å². The van der Waals surface area contributed by atoms with Crippen molar-refractivity contribution in [3.05, 3.63) is 99.6 Å². The molecule has 0 aromatic heterocycles. The summed E-state index contributed by atoms with van der Waals surface area (Å²) in [7, 11) is 1.53. The minimum atomic E-state index is -0.343. The van der Waals surface area contributed by atoms with Crippen LogP contribution in [0.15, 0.2) is 72.8 Å². The molecule has 0 aliphatic carbocycles. The maximum absolute atomic E-state index is 11.7. The van der Waals surface area contributed by atoms with Crippen LogP contribution in [0.3, 0.4) is 0 Å². The van der Waals surface area contributed by atoms with Crippen molar-refractivity contribution < 1.29 is 9.66 Å². The number of nitro benzene ring substituents is 1. The van der Waals surface area contributed by atoms with E-state index in [-0.39, 0.29) is 22.6 Å². The maximum Gasteiger partial charge on any atom is 0.296 e. The standard InChI is InChI=1S/C22H20N2O3/c1-27-17-12-19-18(15-8-4-2-5-9-15)14-20(16-10-6-3-7-11-16)23-22(19)21(13-17)24(25)26/h2-13,18,20,23H,14H2,1H3. The number of nitrogens with zero attached hydrogens (tertiary/aromatic N) is 1. The SMILES string of the molecule is COc1cc2c(c([N+](=O)[O-])c1)NC(c1ccccc1)CC2c1ccccc1. The van der Waals surface area contributed by atoms with Gasteiger partial charge in [-0.25, -0.2) is 0 Å². The fourth-order valence-corrected chi connectivity index (χ4v) is 3.82. The first kappa shape index (κ1) is 17.1. The van der Waals surface area contributed by atoms with Gasteiger partial charge in [0.1, 0.15) is 11.4 Å². The Labute approximate surface area is 157 Å². The van der Waals surface area contributed by atoms with Gasteiger partial charge >= 0.3 is 0 Å². The number of ether oxygens (including phenoxy) is 1. The Morgan fingerprint density at radius 3 is 2.22 bits per heavy atom. The number of methoxy groups -OCH3 is 1. The highest BCUT2D eigenvalue weighted by atomic mass is 16.6. The Hall–Kier alpha value is -3.34. The molecule has 3 aromatic rings. The zero-order chi connectivity index (χ0) is 18.8. The fraction of sp³-hybridized carbons (Fsp3) is 0.182. The predicted molar refractivity (Wildman–Crippen MR) is 105 cm³/mol. The highest BCUT2D eigenvalue weighted by molar-refractivity contribution is 5.73. The van der Waals surface area contributed by atoms with Gasteiger partial charge in [-0.05, 0) is 29.2 Å². The van der Waals surface area contributed by atoms with Crippen LogP contribution in [0.5, 0.6) is 5.75 Å². The number of hydrogen-bond donors (Lipinski definition) is 1. The summed E-state index contributed by atoms with van der Waals surface area (Å²) in [5.74, 6) is 0.544. The van der Waals surface area contributed by atoms with Crippen LogP contribution in [0, 0.1) is 10.1 Å². The second-order valence-electron chi connectivity index (χ2n) is 6.67. The summed E-state index contributed by atoms with van der Waals surface area (Å²) in [4.78, 5) is 11.4. The first-order valence-corrected chi connectivity index (χ1v) is 8.90. The number of nitro groups is 1. The number of benzene rings is 3. The minimum Gasteiger partial charge on any atom is -0.496 e. The molecule has 0 saturated heterocycles. The Morgan fingerprint density at radius 2 is 1.63 bits per heavy atom. The van der Waals surface area contributed by atoms with E-state index in [1.165, 1.54) is 13.2 Å². The van der Waals surface area contributed by atoms with Gasteiger partial charge in [0.25, 0.3) is 5.69 Å². The lowest BCUT2D eigenvalue weighted by molar-refractivity contribution is -0.384. The summed E-state index contributed by atoms with van der Waals surface area (Å²) >= 11 is 0. The van der Waals surface area contributed by atoms with E-state index in [0.717, 1.165) is 23.1 Å². The number of nitrogens with one attached hydrogen (secondary N) is 1. The summed E-state index contributed by atoms with van der Waals surface area (Å²) in [5.41, 5.74) is 3.79. The van der Waals surface area contributed by atoms with Crippen molar-refractivity contribution in [1.29, 1.82) is 0 Å². The van der Waals surface area contributed by atoms with Gasteiger partial charge in [0.15, 0.2) is 0 Å². The summed E-state index contributed by atoms with van der Waals surface area (Å²) in [6.07, 6.45) is 0.811. The third-order valence-corrected chi connectivity index (χ3v) is 5.12. The van der Waals surface area contributed by atoms with Crippen molar-refractivity contribution in [3.63, 3.8) is 0 Å². The molecule has 1 N–H and O–H groups in total. The Bertz CT molecular complexity index is 958. The third-order valence-electron chi connectivity index (χ3n) is 5.12. The van der Waals surface area contributed by atoms with E-state index in [0.29, 0.717) is 11.4 Å². The van der Waals surface area contributed by atoms with Gasteiger partial charge in [-0.1, -0.05) is 60.7 Å². The lowest BCUT2D eigenvalue weighted by Crippen LogP contribution is -2.23. The van der Waals surface area contributed by atoms with E-state index in [9.17, 15) is 10.1 Å². The molecule has 0 spiro atoms. The average molecular weight is 360 g/mol. The quantitative estimate of drug-likeness (QED) is 0.507. The molecule has 2 unspecified atom stereocenters. The smallest absolute Gasteiger partial charge is 0.296 e. The molecule has 1 heterocycles. The lowest BCUT2D eigenvalue weighted by atomic mass is 9.80. The number of fused-ring (bicyclic) bond motifs is 1. The van der Waals surface area contributed by atoms with E-state index >= 15 is 0 Å². The van der Waals surface area contributed by atoms with Crippen molar-refractivity contribution in [1.82, 2.24) is 0 Å². The highest BCUT2D eigenvalue weighted by Crippen LogP contribution is 2.48. The van der Waals surface area contributed by atoms with E-state index in [2.05, 4.69) is 29.6 Å². The highest BCUT2D eigenvalue weighted by Gasteiger charge is 2.34. The van der Waals surface area contributed by atoms with E-state index in [4.69, 9.17) is 4.74 Å². The van der Waals surface area contributed by atoms with Gasteiger partial charge in [0.2, 0.25) is 0 Å². The molecule has 0 bridgehead atoms. The van der Waals surface area contributed by atoms with Crippen molar-refractivity contribution in [2.45, 2.75) is 18.4 Å². The minimum absolute atomic E-state index is 0.00370. The molecule has 1 aliphatic heterocycles. The lowest BCUT2D eigenvalue weighted by Gasteiger charge is -2.34. The number of hydrogen-bond acceptors (Lipinski definition) is 4. The molecular weight excluding hydrogens is 340 g/mol. The van der Waals surface area contributed by atoms with Crippen LogP contribution in [0.1, 0.15) is 35.1 Å². The Kier molecular flexibility index (Phi) is 4.50. The third kappa shape index (κ3) is 3.24. The predicted octanol–water partition coefficient (Wildman–Crippen LogP) is 5.29. The average Bonchev–Trinajstić information content (AvgIpc) is 2.73. The molecule has 3 aromatic carbocycles. The van der Waals surface area contributed by atoms with Gasteiger partial charge in [-0.3, -0.25) is 10.1 Å². The van der Waals surface area contributed by atoms with Crippen LogP contribution in [0.25, 0.3) is 0 Å². The Balaban J connectivity index is 1.89. The van der Waals surface area contributed by atoms with E-state index in [1.54, 1.807) is 0 Å². The van der Waals surface area contributed by atoms with Gasteiger partial charge in [-0.15, -0.1) is 0 Å². The van der Waals surface area contributed by atoms with Crippen molar-refractivity contribution in [3.8, 4) is 5.75 Å². The van der Waals surface area contributed by atoms with Crippen molar-refractivity contribution in [2.24, 2.45) is 0 Å². The monoisotopic (exact) mass is 360 g/mol. The second kappa shape index (κ2) is 7.11. The van der Waals surface area contributed by atoms with Crippen molar-refractivity contribution >= 4 is 11.4 Å². The molecular formula is C22H20N2O3. The second-order valence-corrected chi connectivity index (χ2v) is 6.67. The molecule has 27 heavy (non-hydrogen) atoms. The van der Waals surface area contributed by atoms with Gasteiger partial charge in [0.05, 0.1) is 24.1 Å². The van der Waals surface area contributed by atoms with E-state index in [1.807, 2.05) is 42.5 Å². The van der Waals surface area contributed by atoms with Gasteiger partial charge in [0, 0.05) is 5.92 Å². The van der Waals surface area contributed by atoms with Crippen LogP contribution in [0.2, 0.25) is 0 Å². The first-order valence-electron chi connectivity index (χ1n) is 8.90. The first-order chi connectivity index (χ1) is 13.2. The fourth-order valence-electron chi connectivity index (χ4n) is 3.82.